The molecule has 1 aliphatic heterocycles. The van der Waals surface area contributed by atoms with Crippen LogP contribution in [0, 0.1) is 5.41 Å². The monoisotopic (exact) mass is 307 g/mol. The first-order valence-corrected chi connectivity index (χ1v) is 7.84. The minimum Gasteiger partial charge on any atom is -0.481 e. The molecule has 0 aromatic heterocycles. The largest absolute Gasteiger partial charge is 0.481 e. The van der Waals surface area contributed by atoms with Gasteiger partial charge in [-0.1, -0.05) is 24.3 Å². The fourth-order valence-corrected chi connectivity index (χ4v) is 3.19. The highest BCUT2D eigenvalue weighted by atomic mass is 16.6. The van der Waals surface area contributed by atoms with Crippen molar-refractivity contribution in [2.75, 3.05) is 6.54 Å². The van der Waals surface area contributed by atoms with Gasteiger partial charge < -0.3 is 14.7 Å². The van der Waals surface area contributed by atoms with Crippen molar-refractivity contribution in [3.05, 3.63) is 24.3 Å². The van der Waals surface area contributed by atoms with Crippen LogP contribution in [0.15, 0.2) is 24.3 Å². The molecule has 22 heavy (non-hydrogen) atoms. The predicted molar refractivity (Wildman–Crippen MR) is 83.5 cm³/mol. The van der Waals surface area contributed by atoms with Gasteiger partial charge in [-0.3, -0.25) is 4.79 Å². The number of ether oxygens (including phenoxy) is 1. The third-order valence-corrected chi connectivity index (χ3v) is 4.22. The molecule has 0 radical (unpaired) electrons. The Morgan fingerprint density at radius 2 is 2.00 bits per heavy atom. The quantitative estimate of drug-likeness (QED) is 0.849. The normalized spacial score (nSPS) is 28.5. The number of likely N-dealkylation sites (tertiary alicyclic amines) is 1. The fourth-order valence-electron chi connectivity index (χ4n) is 3.19. The first kappa shape index (κ1) is 16.6. The molecular formula is C17H25NO4. The second-order valence-electron chi connectivity index (χ2n) is 7.02. The molecule has 0 aromatic rings. The topological polar surface area (TPSA) is 66.8 Å². The zero-order valence-corrected chi connectivity index (χ0v) is 13.5. The summed E-state index contributed by atoms with van der Waals surface area (Å²) >= 11 is 0. The zero-order valence-electron chi connectivity index (χ0n) is 13.5. The lowest BCUT2D eigenvalue weighted by atomic mass is 9.71. The predicted octanol–water partition coefficient (Wildman–Crippen LogP) is 3.36. The second-order valence-corrected chi connectivity index (χ2v) is 7.02. The minimum atomic E-state index is -1.05. The molecule has 1 amide bonds. The molecule has 1 saturated heterocycles. The van der Waals surface area contributed by atoms with E-state index in [0.29, 0.717) is 19.4 Å². The number of amides is 1. The third kappa shape index (κ3) is 3.34. The molecule has 0 aromatic carbocycles. The first-order chi connectivity index (χ1) is 10.3. The Labute approximate surface area is 131 Å². The lowest BCUT2D eigenvalue weighted by Gasteiger charge is -2.45. The van der Waals surface area contributed by atoms with Crippen LogP contribution >= 0.6 is 0 Å². The first-order valence-electron chi connectivity index (χ1n) is 7.84. The maximum absolute atomic E-state index is 12.5. The van der Waals surface area contributed by atoms with Gasteiger partial charge in [0.05, 0.1) is 6.04 Å². The van der Waals surface area contributed by atoms with E-state index >= 15 is 0 Å². The van der Waals surface area contributed by atoms with Crippen LogP contribution in [0.25, 0.3) is 0 Å². The van der Waals surface area contributed by atoms with Gasteiger partial charge in [-0.15, -0.1) is 0 Å². The van der Waals surface area contributed by atoms with Crippen LogP contribution in [0.2, 0.25) is 0 Å². The standard InChI is InChI=1S/C17H25NO4/c1-16(2,3)22-15(21)18-12-8-5-9-13(18)17(14(19)20)10-6-4-7-11-17/h4,6-7,10,13H,5,8-9,11-12H2,1-3H3,(H,19,20). The number of rotatable bonds is 2. The number of hydrogen-bond donors (Lipinski definition) is 1. The molecule has 5 heteroatoms. The summed E-state index contributed by atoms with van der Waals surface area (Å²) in [7, 11) is 0. The van der Waals surface area contributed by atoms with Crippen molar-refractivity contribution in [1.29, 1.82) is 0 Å². The molecule has 5 nitrogen and oxygen atoms in total. The molecule has 0 bridgehead atoms. The Kier molecular flexibility index (Phi) is 4.63. The van der Waals surface area contributed by atoms with Gasteiger partial charge in [0.2, 0.25) is 0 Å². The Morgan fingerprint density at radius 1 is 1.27 bits per heavy atom. The number of carbonyl (C=O) groups excluding carboxylic acids is 1. The van der Waals surface area contributed by atoms with E-state index in [-0.39, 0.29) is 6.04 Å². The number of nitrogens with zero attached hydrogens (tertiary/aromatic N) is 1. The fraction of sp³-hybridized carbons (Fsp3) is 0.647. The number of carboxylic acids is 1. The number of aliphatic carboxylic acids is 1. The second kappa shape index (κ2) is 6.15. The van der Waals surface area contributed by atoms with Crippen LogP contribution in [-0.4, -0.2) is 40.3 Å². The van der Waals surface area contributed by atoms with Crippen LogP contribution in [0.4, 0.5) is 4.79 Å². The maximum atomic E-state index is 12.5. The Hall–Kier alpha value is -1.78. The van der Waals surface area contributed by atoms with E-state index in [1.54, 1.807) is 17.1 Å². The third-order valence-electron chi connectivity index (χ3n) is 4.22. The van der Waals surface area contributed by atoms with E-state index in [0.717, 1.165) is 12.8 Å². The summed E-state index contributed by atoms with van der Waals surface area (Å²) in [6.07, 6.45) is 9.68. The van der Waals surface area contributed by atoms with E-state index in [1.807, 2.05) is 32.9 Å². The van der Waals surface area contributed by atoms with Crippen molar-refractivity contribution >= 4 is 12.1 Å². The molecule has 1 heterocycles. The Bertz CT molecular complexity index is 503. The van der Waals surface area contributed by atoms with Crippen LogP contribution in [0.5, 0.6) is 0 Å². The average Bonchev–Trinajstić information content (AvgIpc) is 2.46. The number of piperidine rings is 1. The number of allylic oxidation sites excluding steroid dienone is 3. The van der Waals surface area contributed by atoms with Crippen molar-refractivity contribution in [2.45, 2.75) is 58.1 Å². The highest BCUT2D eigenvalue weighted by Crippen LogP contribution is 2.40. The van der Waals surface area contributed by atoms with Gasteiger partial charge in [-0.25, -0.2) is 4.79 Å². The molecular weight excluding hydrogens is 282 g/mol. The molecule has 2 aliphatic rings. The molecule has 0 saturated carbocycles. The van der Waals surface area contributed by atoms with Gasteiger partial charge in [-0.2, -0.15) is 0 Å². The van der Waals surface area contributed by atoms with Gasteiger partial charge in [-0.05, 0) is 46.5 Å². The number of carboxylic acid groups (broad SMARTS) is 1. The summed E-state index contributed by atoms with van der Waals surface area (Å²) in [4.78, 5) is 26.1. The SMILES string of the molecule is CC(C)(C)OC(=O)N1CCCCC1C1(C(=O)O)C=CC=CC1. The van der Waals surface area contributed by atoms with Crippen LogP contribution in [0.1, 0.15) is 46.5 Å². The van der Waals surface area contributed by atoms with Gasteiger partial charge in [0.1, 0.15) is 11.0 Å². The average molecular weight is 307 g/mol. The summed E-state index contributed by atoms with van der Waals surface area (Å²) in [5.41, 5.74) is -1.64. The van der Waals surface area contributed by atoms with Gasteiger partial charge in [0, 0.05) is 6.54 Å². The highest BCUT2D eigenvalue weighted by molar-refractivity contribution is 5.80. The van der Waals surface area contributed by atoms with E-state index < -0.39 is 23.1 Å². The summed E-state index contributed by atoms with van der Waals surface area (Å²) in [6.45, 7) is 6.01. The summed E-state index contributed by atoms with van der Waals surface area (Å²) in [5, 5.41) is 9.81. The van der Waals surface area contributed by atoms with Crippen molar-refractivity contribution < 1.29 is 19.4 Å². The Balaban J connectivity index is 2.29. The number of hydrogen-bond acceptors (Lipinski definition) is 3. The van der Waals surface area contributed by atoms with Gasteiger partial charge in [0.15, 0.2) is 0 Å². The van der Waals surface area contributed by atoms with E-state index in [1.165, 1.54) is 0 Å². The minimum absolute atomic E-state index is 0.366. The van der Waals surface area contributed by atoms with Crippen molar-refractivity contribution in [1.82, 2.24) is 4.90 Å². The van der Waals surface area contributed by atoms with Gasteiger partial charge in [0.25, 0.3) is 0 Å². The van der Waals surface area contributed by atoms with Crippen LogP contribution in [-0.2, 0) is 9.53 Å². The lowest BCUT2D eigenvalue weighted by Crippen LogP contribution is -2.56. The highest BCUT2D eigenvalue weighted by Gasteiger charge is 2.49. The lowest BCUT2D eigenvalue weighted by molar-refractivity contribution is -0.150. The summed E-state index contributed by atoms with van der Waals surface area (Å²) < 4.78 is 5.47. The van der Waals surface area contributed by atoms with Crippen LogP contribution in [0.3, 0.4) is 0 Å². The maximum Gasteiger partial charge on any atom is 0.410 e. The van der Waals surface area contributed by atoms with E-state index in [4.69, 9.17) is 4.74 Å². The Morgan fingerprint density at radius 3 is 2.55 bits per heavy atom. The molecule has 2 unspecified atom stereocenters. The van der Waals surface area contributed by atoms with E-state index in [2.05, 4.69) is 0 Å². The molecule has 1 aliphatic carbocycles. The molecule has 1 N–H and O–H groups in total. The zero-order chi connectivity index (χ0) is 16.4. The summed E-state index contributed by atoms with van der Waals surface area (Å²) in [6, 6.07) is -0.366. The van der Waals surface area contributed by atoms with Crippen molar-refractivity contribution in [3.63, 3.8) is 0 Å². The summed E-state index contributed by atoms with van der Waals surface area (Å²) in [5.74, 6) is -0.881. The molecule has 122 valence electrons. The van der Waals surface area contributed by atoms with Gasteiger partial charge >= 0.3 is 12.1 Å². The van der Waals surface area contributed by atoms with Crippen molar-refractivity contribution in [3.8, 4) is 0 Å². The molecule has 2 rings (SSSR count). The smallest absolute Gasteiger partial charge is 0.410 e. The van der Waals surface area contributed by atoms with Crippen molar-refractivity contribution in [2.24, 2.45) is 5.41 Å². The number of carbonyl (C=O) groups is 2. The van der Waals surface area contributed by atoms with E-state index in [9.17, 15) is 14.7 Å². The molecule has 0 spiro atoms. The molecule has 1 fully saturated rings. The van der Waals surface area contributed by atoms with Crippen LogP contribution < -0.4 is 0 Å². The molecule has 2 atom stereocenters.